The van der Waals surface area contributed by atoms with Gasteiger partial charge < -0.3 is 5.32 Å². The number of benzene rings is 2. The molecule has 0 bridgehead atoms. The summed E-state index contributed by atoms with van der Waals surface area (Å²) in [4.78, 5) is 16.4. The van der Waals surface area contributed by atoms with Gasteiger partial charge in [-0.2, -0.15) is 0 Å². The first-order valence-corrected chi connectivity index (χ1v) is 10.0. The molecule has 0 aromatic heterocycles. The average molecular weight is 364 g/mol. The molecule has 4 rings (SSSR count). The molecule has 2 fully saturated rings. The molecule has 1 N–H and O–H groups in total. The highest BCUT2D eigenvalue weighted by Crippen LogP contribution is 2.32. The summed E-state index contributed by atoms with van der Waals surface area (Å²) in [6.07, 6.45) is 2.48. The van der Waals surface area contributed by atoms with Gasteiger partial charge in [-0.25, -0.2) is 0 Å². The van der Waals surface area contributed by atoms with Crippen molar-refractivity contribution in [1.82, 2.24) is 9.80 Å². The van der Waals surface area contributed by atoms with Crippen LogP contribution in [0.2, 0.25) is 0 Å². The Kier molecular flexibility index (Phi) is 5.55. The molecule has 27 heavy (non-hydrogen) atoms. The quantitative estimate of drug-likeness (QED) is 0.854. The molecule has 0 saturated carbocycles. The fourth-order valence-electron chi connectivity index (χ4n) is 4.62. The zero-order chi connectivity index (χ0) is 18.6. The molecule has 0 unspecified atom stereocenters. The van der Waals surface area contributed by atoms with Crippen LogP contribution in [0, 0.1) is 5.92 Å². The van der Waals surface area contributed by atoms with Crippen molar-refractivity contribution in [3.63, 3.8) is 0 Å². The molecule has 2 aliphatic rings. The van der Waals surface area contributed by atoms with E-state index in [9.17, 15) is 4.79 Å². The van der Waals surface area contributed by atoms with Crippen molar-refractivity contribution < 1.29 is 4.79 Å². The second-order valence-electron chi connectivity index (χ2n) is 7.96. The van der Waals surface area contributed by atoms with Gasteiger partial charge in [0.1, 0.15) is 0 Å². The number of rotatable bonds is 6. The van der Waals surface area contributed by atoms with E-state index in [0.717, 1.165) is 24.6 Å². The van der Waals surface area contributed by atoms with Crippen molar-refractivity contribution in [3.8, 4) is 0 Å². The van der Waals surface area contributed by atoms with Crippen LogP contribution in [0.4, 0.5) is 5.69 Å². The third-order valence-electron chi connectivity index (χ3n) is 5.95. The summed E-state index contributed by atoms with van der Waals surface area (Å²) in [5.41, 5.74) is 3.63. The second kappa shape index (κ2) is 8.24. The predicted molar refractivity (Wildman–Crippen MR) is 110 cm³/mol. The maximum absolute atomic E-state index is 11.1. The Bertz CT molecular complexity index is 759. The molecule has 2 aliphatic heterocycles. The average Bonchev–Trinajstić information content (AvgIpc) is 3.22. The van der Waals surface area contributed by atoms with E-state index in [-0.39, 0.29) is 5.91 Å². The van der Waals surface area contributed by atoms with Crippen molar-refractivity contribution in [2.75, 3.05) is 31.5 Å². The first kappa shape index (κ1) is 18.2. The monoisotopic (exact) mass is 363 g/mol. The third-order valence-corrected chi connectivity index (χ3v) is 5.95. The molecule has 2 aromatic carbocycles. The van der Waals surface area contributed by atoms with Crippen LogP contribution in [0.3, 0.4) is 0 Å². The number of fused-ring (bicyclic) bond motifs is 1. The molecule has 2 aromatic rings. The lowest BCUT2D eigenvalue weighted by atomic mass is 10.0. The van der Waals surface area contributed by atoms with Crippen molar-refractivity contribution >= 4 is 11.6 Å². The van der Waals surface area contributed by atoms with Crippen LogP contribution in [-0.2, 0) is 17.8 Å². The molecule has 4 heteroatoms. The van der Waals surface area contributed by atoms with Gasteiger partial charge in [0.25, 0.3) is 0 Å². The highest BCUT2D eigenvalue weighted by atomic mass is 16.1. The van der Waals surface area contributed by atoms with Gasteiger partial charge in [-0.1, -0.05) is 42.5 Å². The second-order valence-corrected chi connectivity index (χ2v) is 7.96. The number of amides is 1. The smallest absolute Gasteiger partial charge is 0.221 e. The molecule has 1 amide bonds. The predicted octanol–water partition coefficient (Wildman–Crippen LogP) is 3.39. The maximum Gasteiger partial charge on any atom is 0.221 e. The van der Waals surface area contributed by atoms with Crippen LogP contribution < -0.4 is 5.32 Å². The Morgan fingerprint density at radius 2 is 1.81 bits per heavy atom. The Hall–Kier alpha value is -2.17. The van der Waals surface area contributed by atoms with Gasteiger partial charge >= 0.3 is 0 Å². The first-order valence-electron chi connectivity index (χ1n) is 10.0. The number of hydrogen-bond donors (Lipinski definition) is 1. The Balaban J connectivity index is 1.29. The van der Waals surface area contributed by atoms with Crippen LogP contribution in [0.1, 0.15) is 24.5 Å². The Labute approximate surface area is 162 Å². The van der Waals surface area contributed by atoms with E-state index in [4.69, 9.17) is 0 Å². The normalized spacial score (nSPS) is 22.7. The molecular formula is C23H29N3O. The summed E-state index contributed by atoms with van der Waals surface area (Å²) in [6.45, 7) is 7.35. The van der Waals surface area contributed by atoms with E-state index in [2.05, 4.69) is 57.6 Å². The summed E-state index contributed by atoms with van der Waals surface area (Å²) in [5, 5.41) is 2.83. The molecule has 142 valence electrons. The molecule has 2 heterocycles. The lowest BCUT2D eigenvalue weighted by molar-refractivity contribution is -0.114. The number of nitrogens with one attached hydrogen (secondary N) is 1. The van der Waals surface area contributed by atoms with E-state index in [1.165, 1.54) is 43.7 Å². The summed E-state index contributed by atoms with van der Waals surface area (Å²) in [7, 11) is 0. The molecule has 2 saturated heterocycles. The first-order chi connectivity index (χ1) is 13.2. The summed E-state index contributed by atoms with van der Waals surface area (Å²) in [5.74, 6) is 0.796. The SMILES string of the molecule is CC(=O)Nc1ccc(CN2C[C@@H]3CCN(CCc4ccccc4)[C@@H]3C2)cc1. The molecular weight excluding hydrogens is 334 g/mol. The topological polar surface area (TPSA) is 35.6 Å². The number of likely N-dealkylation sites (tertiary alicyclic amines) is 2. The molecule has 0 radical (unpaired) electrons. The van der Waals surface area contributed by atoms with Crippen molar-refractivity contribution in [2.45, 2.75) is 32.4 Å². The minimum Gasteiger partial charge on any atom is -0.326 e. The third kappa shape index (κ3) is 4.57. The Morgan fingerprint density at radius 3 is 2.56 bits per heavy atom. The zero-order valence-corrected chi connectivity index (χ0v) is 16.1. The van der Waals surface area contributed by atoms with Gasteiger partial charge in [0, 0.05) is 44.8 Å². The fourth-order valence-corrected chi connectivity index (χ4v) is 4.62. The van der Waals surface area contributed by atoms with Gasteiger partial charge in [0.2, 0.25) is 5.91 Å². The Morgan fingerprint density at radius 1 is 1.04 bits per heavy atom. The summed E-state index contributed by atoms with van der Waals surface area (Å²) in [6, 6.07) is 19.8. The zero-order valence-electron chi connectivity index (χ0n) is 16.1. The van der Waals surface area contributed by atoms with Crippen LogP contribution in [0.5, 0.6) is 0 Å². The fraction of sp³-hybridized carbons (Fsp3) is 0.435. The number of carbonyl (C=O) groups is 1. The van der Waals surface area contributed by atoms with E-state index in [0.29, 0.717) is 6.04 Å². The van der Waals surface area contributed by atoms with E-state index >= 15 is 0 Å². The van der Waals surface area contributed by atoms with Crippen molar-refractivity contribution in [1.29, 1.82) is 0 Å². The molecule has 4 nitrogen and oxygen atoms in total. The van der Waals surface area contributed by atoms with E-state index < -0.39 is 0 Å². The molecule has 0 spiro atoms. The summed E-state index contributed by atoms with van der Waals surface area (Å²) >= 11 is 0. The lowest BCUT2D eigenvalue weighted by Gasteiger charge is -2.25. The molecule has 0 aliphatic carbocycles. The highest BCUT2D eigenvalue weighted by molar-refractivity contribution is 5.88. The van der Waals surface area contributed by atoms with Crippen molar-refractivity contribution in [2.24, 2.45) is 5.92 Å². The largest absolute Gasteiger partial charge is 0.326 e. The van der Waals surface area contributed by atoms with E-state index in [1.807, 2.05) is 12.1 Å². The standard InChI is InChI=1S/C23H29N3O/c1-18(27)24-22-9-7-20(8-10-22)15-25-16-21-12-14-26(23(21)17-25)13-11-19-5-3-2-4-6-19/h2-10,21,23H,11-17H2,1H3,(H,24,27)/t21-,23+/m0/s1. The van der Waals surface area contributed by atoms with Gasteiger partial charge in [-0.3, -0.25) is 14.6 Å². The maximum atomic E-state index is 11.1. The van der Waals surface area contributed by atoms with Gasteiger partial charge in [-0.15, -0.1) is 0 Å². The van der Waals surface area contributed by atoms with Crippen LogP contribution in [0.25, 0.3) is 0 Å². The van der Waals surface area contributed by atoms with Crippen LogP contribution in [-0.4, -0.2) is 47.9 Å². The molecule has 2 atom stereocenters. The lowest BCUT2D eigenvalue weighted by Crippen LogP contribution is -2.36. The number of hydrogen-bond acceptors (Lipinski definition) is 3. The summed E-state index contributed by atoms with van der Waals surface area (Å²) < 4.78 is 0. The van der Waals surface area contributed by atoms with E-state index in [1.54, 1.807) is 6.92 Å². The number of carbonyl (C=O) groups excluding carboxylic acids is 1. The number of nitrogens with zero attached hydrogens (tertiary/aromatic N) is 2. The highest BCUT2D eigenvalue weighted by Gasteiger charge is 2.40. The van der Waals surface area contributed by atoms with Gasteiger partial charge in [0.05, 0.1) is 0 Å². The van der Waals surface area contributed by atoms with Crippen molar-refractivity contribution in [3.05, 3.63) is 65.7 Å². The van der Waals surface area contributed by atoms with Gasteiger partial charge in [-0.05, 0) is 48.6 Å². The van der Waals surface area contributed by atoms with Crippen LogP contribution >= 0.6 is 0 Å². The number of anilines is 1. The van der Waals surface area contributed by atoms with Crippen LogP contribution in [0.15, 0.2) is 54.6 Å². The minimum atomic E-state index is -0.0225. The van der Waals surface area contributed by atoms with Gasteiger partial charge in [0.15, 0.2) is 0 Å². The minimum absolute atomic E-state index is 0.0225.